The standard InChI is InChI=1S/C12H14F3NO/c1-3-11(2)7-16-9-6-8(12(13,14)15)4-5-10(9)17-11/h4-6,16H,3,7H2,1-2H3. The second-order valence-electron chi connectivity index (χ2n) is 4.47. The van der Waals surface area contributed by atoms with Crippen LogP contribution in [-0.4, -0.2) is 12.1 Å². The molecule has 0 bridgehead atoms. The van der Waals surface area contributed by atoms with Crippen LogP contribution in [0.3, 0.4) is 0 Å². The normalized spacial score (nSPS) is 23.6. The van der Waals surface area contributed by atoms with Crippen LogP contribution < -0.4 is 10.1 Å². The van der Waals surface area contributed by atoms with Crippen molar-refractivity contribution in [1.82, 2.24) is 0 Å². The van der Waals surface area contributed by atoms with Crippen LogP contribution in [0.1, 0.15) is 25.8 Å². The third-order valence-electron chi connectivity index (χ3n) is 3.06. The van der Waals surface area contributed by atoms with Crippen molar-refractivity contribution in [2.75, 3.05) is 11.9 Å². The molecule has 0 saturated carbocycles. The molecule has 1 aromatic carbocycles. The first-order valence-electron chi connectivity index (χ1n) is 5.48. The molecule has 2 rings (SSSR count). The molecular formula is C12H14F3NO. The van der Waals surface area contributed by atoms with E-state index in [1.165, 1.54) is 6.07 Å². The highest BCUT2D eigenvalue weighted by molar-refractivity contribution is 5.60. The lowest BCUT2D eigenvalue weighted by Gasteiger charge is -2.36. The molecule has 1 N–H and O–H groups in total. The van der Waals surface area contributed by atoms with Crippen LogP contribution >= 0.6 is 0 Å². The molecule has 0 fully saturated rings. The number of alkyl halides is 3. The molecule has 1 heterocycles. The molecule has 0 spiro atoms. The van der Waals surface area contributed by atoms with Crippen molar-refractivity contribution >= 4 is 5.69 Å². The van der Waals surface area contributed by atoms with E-state index >= 15 is 0 Å². The number of fused-ring (bicyclic) bond motifs is 1. The fourth-order valence-corrected chi connectivity index (χ4v) is 1.71. The van der Waals surface area contributed by atoms with Crippen molar-refractivity contribution < 1.29 is 17.9 Å². The number of ether oxygens (including phenoxy) is 1. The fraction of sp³-hybridized carbons (Fsp3) is 0.500. The van der Waals surface area contributed by atoms with E-state index in [9.17, 15) is 13.2 Å². The Morgan fingerprint density at radius 1 is 1.41 bits per heavy atom. The highest BCUT2D eigenvalue weighted by Crippen LogP contribution is 2.38. The zero-order valence-electron chi connectivity index (χ0n) is 9.69. The lowest BCUT2D eigenvalue weighted by atomic mass is 10.0. The Morgan fingerprint density at radius 2 is 2.12 bits per heavy atom. The molecule has 94 valence electrons. The average molecular weight is 245 g/mol. The summed E-state index contributed by atoms with van der Waals surface area (Å²) in [6, 6.07) is 3.50. The molecule has 1 aliphatic rings. The second-order valence-corrected chi connectivity index (χ2v) is 4.47. The minimum Gasteiger partial charge on any atom is -0.484 e. The van der Waals surface area contributed by atoms with Crippen LogP contribution in [0.5, 0.6) is 5.75 Å². The molecule has 1 aromatic rings. The molecule has 0 aromatic heterocycles. The Kier molecular flexibility index (Phi) is 2.72. The molecule has 5 heteroatoms. The molecule has 2 nitrogen and oxygen atoms in total. The van der Waals surface area contributed by atoms with Gasteiger partial charge in [0, 0.05) is 0 Å². The maximum absolute atomic E-state index is 12.5. The first-order valence-corrected chi connectivity index (χ1v) is 5.48. The van der Waals surface area contributed by atoms with Crippen LogP contribution in [-0.2, 0) is 6.18 Å². The second kappa shape index (κ2) is 3.82. The molecule has 0 aliphatic carbocycles. The van der Waals surface area contributed by atoms with Crippen LogP contribution in [0.4, 0.5) is 18.9 Å². The van der Waals surface area contributed by atoms with E-state index < -0.39 is 11.7 Å². The average Bonchev–Trinajstić information content (AvgIpc) is 2.27. The van der Waals surface area contributed by atoms with Crippen LogP contribution in [0.15, 0.2) is 18.2 Å². The summed E-state index contributed by atoms with van der Waals surface area (Å²) in [6.07, 6.45) is -3.53. The third-order valence-corrected chi connectivity index (χ3v) is 3.06. The predicted molar refractivity (Wildman–Crippen MR) is 59.3 cm³/mol. The summed E-state index contributed by atoms with van der Waals surface area (Å²) in [5, 5.41) is 2.99. The molecular weight excluding hydrogens is 231 g/mol. The highest BCUT2D eigenvalue weighted by Gasteiger charge is 2.34. The molecule has 0 saturated heterocycles. The summed E-state index contributed by atoms with van der Waals surface area (Å²) in [5.74, 6) is 0.480. The van der Waals surface area contributed by atoms with Gasteiger partial charge >= 0.3 is 6.18 Å². The predicted octanol–water partition coefficient (Wildman–Crippen LogP) is 3.68. The third kappa shape index (κ3) is 2.33. The number of hydrogen-bond acceptors (Lipinski definition) is 2. The van der Waals surface area contributed by atoms with Gasteiger partial charge in [0.2, 0.25) is 0 Å². The van der Waals surface area contributed by atoms with Gasteiger partial charge in [-0.1, -0.05) is 6.92 Å². The molecule has 17 heavy (non-hydrogen) atoms. The maximum atomic E-state index is 12.5. The highest BCUT2D eigenvalue weighted by atomic mass is 19.4. The van der Waals surface area contributed by atoms with Gasteiger partial charge in [-0.2, -0.15) is 13.2 Å². The van der Waals surface area contributed by atoms with Crippen molar-refractivity contribution in [3.63, 3.8) is 0 Å². The van der Waals surface area contributed by atoms with Crippen molar-refractivity contribution in [1.29, 1.82) is 0 Å². The van der Waals surface area contributed by atoms with Gasteiger partial charge in [0.05, 0.1) is 17.8 Å². The Bertz CT molecular complexity index is 430. The summed E-state index contributed by atoms with van der Waals surface area (Å²) in [7, 11) is 0. The van der Waals surface area contributed by atoms with Gasteiger partial charge in [0.1, 0.15) is 11.4 Å². The van der Waals surface area contributed by atoms with E-state index in [-0.39, 0.29) is 5.60 Å². The number of hydrogen-bond donors (Lipinski definition) is 1. The van der Waals surface area contributed by atoms with E-state index in [2.05, 4.69) is 5.32 Å². The topological polar surface area (TPSA) is 21.3 Å². The monoisotopic (exact) mass is 245 g/mol. The number of benzene rings is 1. The van der Waals surface area contributed by atoms with Gasteiger partial charge in [0.25, 0.3) is 0 Å². The largest absolute Gasteiger partial charge is 0.484 e. The van der Waals surface area contributed by atoms with Gasteiger partial charge < -0.3 is 10.1 Å². The van der Waals surface area contributed by atoms with Crippen molar-refractivity contribution in [2.24, 2.45) is 0 Å². The fourth-order valence-electron chi connectivity index (χ4n) is 1.71. The van der Waals surface area contributed by atoms with Gasteiger partial charge in [-0.3, -0.25) is 0 Å². The summed E-state index contributed by atoms with van der Waals surface area (Å²) in [6.45, 7) is 4.43. The summed E-state index contributed by atoms with van der Waals surface area (Å²) in [5.41, 5.74) is -0.606. The first kappa shape index (κ1) is 12.1. The molecule has 0 radical (unpaired) electrons. The number of nitrogens with one attached hydrogen (secondary N) is 1. The Balaban J connectivity index is 2.32. The van der Waals surface area contributed by atoms with E-state index in [1.54, 1.807) is 0 Å². The Morgan fingerprint density at radius 3 is 2.71 bits per heavy atom. The SMILES string of the molecule is CCC1(C)CNc2cc(C(F)(F)F)ccc2O1. The first-order chi connectivity index (χ1) is 7.84. The van der Waals surface area contributed by atoms with Gasteiger partial charge in [-0.05, 0) is 31.5 Å². The Labute approximate surface area is 97.8 Å². The van der Waals surface area contributed by atoms with Crippen molar-refractivity contribution in [2.45, 2.75) is 32.0 Å². The number of anilines is 1. The van der Waals surface area contributed by atoms with Crippen LogP contribution in [0.25, 0.3) is 0 Å². The summed E-state index contributed by atoms with van der Waals surface area (Å²) >= 11 is 0. The summed E-state index contributed by atoms with van der Waals surface area (Å²) in [4.78, 5) is 0. The quantitative estimate of drug-likeness (QED) is 0.814. The lowest BCUT2D eigenvalue weighted by molar-refractivity contribution is -0.137. The van der Waals surface area contributed by atoms with Crippen LogP contribution in [0.2, 0.25) is 0 Å². The van der Waals surface area contributed by atoms with Gasteiger partial charge in [0.15, 0.2) is 0 Å². The zero-order chi connectivity index (χ0) is 12.7. The molecule has 0 amide bonds. The Hall–Kier alpha value is -1.39. The number of rotatable bonds is 1. The molecule has 1 unspecified atom stereocenters. The smallest absolute Gasteiger partial charge is 0.416 e. The zero-order valence-corrected chi connectivity index (χ0v) is 9.69. The molecule has 1 atom stereocenters. The van der Waals surface area contributed by atoms with E-state index in [1.807, 2.05) is 13.8 Å². The minimum absolute atomic E-state index is 0.354. The molecule has 1 aliphatic heterocycles. The van der Waals surface area contributed by atoms with Gasteiger partial charge in [-0.25, -0.2) is 0 Å². The van der Waals surface area contributed by atoms with E-state index in [4.69, 9.17) is 4.74 Å². The maximum Gasteiger partial charge on any atom is 0.416 e. The van der Waals surface area contributed by atoms with Gasteiger partial charge in [-0.15, -0.1) is 0 Å². The van der Waals surface area contributed by atoms with E-state index in [0.717, 1.165) is 18.6 Å². The minimum atomic E-state index is -4.32. The number of halogens is 3. The van der Waals surface area contributed by atoms with Crippen molar-refractivity contribution in [3.8, 4) is 5.75 Å². The van der Waals surface area contributed by atoms with Crippen LogP contribution in [0, 0.1) is 0 Å². The summed E-state index contributed by atoms with van der Waals surface area (Å²) < 4.78 is 43.2. The van der Waals surface area contributed by atoms with E-state index in [0.29, 0.717) is 18.0 Å². The van der Waals surface area contributed by atoms with Crippen molar-refractivity contribution in [3.05, 3.63) is 23.8 Å². The lowest BCUT2D eigenvalue weighted by Crippen LogP contribution is -2.42.